The Kier molecular flexibility index (Phi) is 3.44. The lowest BCUT2D eigenvalue weighted by molar-refractivity contribution is -0.139. The number of carbonyl (C=O) groups excluding carboxylic acids is 1. The van der Waals surface area contributed by atoms with Crippen molar-refractivity contribution in [1.82, 2.24) is 10.3 Å². The predicted molar refractivity (Wildman–Crippen MR) is 74.3 cm³/mol. The maximum absolute atomic E-state index is 12.0. The van der Waals surface area contributed by atoms with Crippen molar-refractivity contribution in [2.75, 3.05) is 13.2 Å². The minimum absolute atomic E-state index is 0.0499. The predicted octanol–water partition coefficient (Wildman–Crippen LogP) is 2.06. The molecule has 1 N–H and O–H groups in total. The van der Waals surface area contributed by atoms with Gasteiger partial charge in [0.05, 0.1) is 0 Å². The molecule has 1 fully saturated rings. The molecule has 0 saturated carbocycles. The molecule has 0 radical (unpaired) electrons. The Balaban J connectivity index is 1.56. The summed E-state index contributed by atoms with van der Waals surface area (Å²) in [6, 6.07) is 7.64. The lowest BCUT2D eigenvalue weighted by Crippen LogP contribution is -2.44. The zero-order valence-corrected chi connectivity index (χ0v) is 11.5. The maximum Gasteiger partial charge on any atom is 0.251 e. The van der Waals surface area contributed by atoms with Gasteiger partial charge in [0.2, 0.25) is 0 Å². The van der Waals surface area contributed by atoms with E-state index in [9.17, 15) is 4.79 Å². The molecule has 1 aromatic heterocycles. The van der Waals surface area contributed by atoms with Crippen molar-refractivity contribution in [3.8, 4) is 0 Å². The molecule has 0 spiro atoms. The van der Waals surface area contributed by atoms with Gasteiger partial charge in [-0.05, 0) is 31.9 Å². The highest BCUT2D eigenvalue weighted by molar-refractivity contribution is 5.85. The second-order valence-corrected chi connectivity index (χ2v) is 5.26. The van der Waals surface area contributed by atoms with Gasteiger partial charge in [0.25, 0.3) is 5.91 Å². The highest BCUT2D eigenvalue weighted by Crippen LogP contribution is 2.24. The molecule has 20 heavy (non-hydrogen) atoms. The first-order valence-electron chi connectivity index (χ1n) is 6.94. The largest absolute Gasteiger partial charge is 0.441 e. The Morgan fingerprint density at radius 2 is 2.30 bits per heavy atom. The summed E-state index contributed by atoms with van der Waals surface area (Å²) in [4.78, 5) is 16.4. The smallest absolute Gasteiger partial charge is 0.251 e. The van der Waals surface area contributed by atoms with Crippen LogP contribution in [0, 0.1) is 0 Å². The van der Waals surface area contributed by atoms with Crippen molar-refractivity contribution in [2.45, 2.75) is 31.8 Å². The lowest BCUT2D eigenvalue weighted by Gasteiger charge is -2.21. The number of hydrogen-bond donors (Lipinski definition) is 1. The molecule has 1 saturated heterocycles. The first-order chi connectivity index (χ1) is 9.67. The Morgan fingerprint density at radius 3 is 3.05 bits per heavy atom. The van der Waals surface area contributed by atoms with Gasteiger partial charge in [0, 0.05) is 19.6 Å². The van der Waals surface area contributed by atoms with E-state index in [1.54, 1.807) is 0 Å². The molecular formula is C15H18N2O3. The molecule has 1 aromatic carbocycles. The SMILES string of the molecule is C[C@@]1(C(=O)NCCc2nc3ccccc3o2)CCCO1. The van der Waals surface area contributed by atoms with E-state index in [0.29, 0.717) is 25.5 Å². The van der Waals surface area contributed by atoms with Gasteiger partial charge in [-0.2, -0.15) is 0 Å². The molecule has 1 atom stereocenters. The number of ether oxygens (including phenoxy) is 1. The van der Waals surface area contributed by atoms with Crippen LogP contribution in [0.25, 0.3) is 11.1 Å². The molecule has 0 bridgehead atoms. The monoisotopic (exact) mass is 274 g/mol. The number of nitrogens with one attached hydrogen (secondary N) is 1. The first kappa shape index (κ1) is 13.1. The maximum atomic E-state index is 12.0. The fraction of sp³-hybridized carbons (Fsp3) is 0.467. The number of nitrogens with zero attached hydrogens (tertiary/aromatic N) is 1. The van der Waals surface area contributed by atoms with Crippen LogP contribution in [0.4, 0.5) is 0 Å². The number of carbonyl (C=O) groups is 1. The van der Waals surface area contributed by atoms with Crippen LogP contribution in [0.15, 0.2) is 28.7 Å². The van der Waals surface area contributed by atoms with Crippen LogP contribution < -0.4 is 5.32 Å². The topological polar surface area (TPSA) is 64.4 Å². The van der Waals surface area contributed by atoms with Gasteiger partial charge in [-0.1, -0.05) is 12.1 Å². The van der Waals surface area contributed by atoms with E-state index in [0.717, 1.165) is 23.9 Å². The van der Waals surface area contributed by atoms with Crippen molar-refractivity contribution in [2.24, 2.45) is 0 Å². The number of para-hydroxylation sites is 2. The zero-order valence-electron chi connectivity index (χ0n) is 11.5. The van der Waals surface area contributed by atoms with Crippen LogP contribution >= 0.6 is 0 Å². The molecule has 1 aliphatic heterocycles. The standard InChI is InChI=1S/C15H18N2O3/c1-15(8-4-10-19-15)14(18)16-9-7-13-17-11-5-2-3-6-12(11)20-13/h2-3,5-6H,4,7-10H2,1H3,(H,16,18)/t15-/m0/s1. The third-order valence-electron chi connectivity index (χ3n) is 3.66. The van der Waals surface area contributed by atoms with E-state index >= 15 is 0 Å². The number of benzene rings is 1. The van der Waals surface area contributed by atoms with Crippen LogP contribution in [0.3, 0.4) is 0 Å². The summed E-state index contributed by atoms with van der Waals surface area (Å²) in [5.74, 6) is 0.593. The second-order valence-electron chi connectivity index (χ2n) is 5.26. The Hall–Kier alpha value is -1.88. The summed E-state index contributed by atoms with van der Waals surface area (Å²) >= 11 is 0. The minimum Gasteiger partial charge on any atom is -0.441 e. The van der Waals surface area contributed by atoms with E-state index in [1.807, 2.05) is 31.2 Å². The van der Waals surface area contributed by atoms with Crippen molar-refractivity contribution in [3.05, 3.63) is 30.2 Å². The number of aromatic nitrogens is 1. The number of amides is 1. The molecule has 2 heterocycles. The summed E-state index contributed by atoms with van der Waals surface area (Å²) < 4.78 is 11.1. The van der Waals surface area contributed by atoms with Gasteiger partial charge in [0.15, 0.2) is 11.5 Å². The summed E-state index contributed by atoms with van der Waals surface area (Å²) in [5, 5.41) is 2.89. The summed E-state index contributed by atoms with van der Waals surface area (Å²) in [6.45, 7) is 3.01. The van der Waals surface area contributed by atoms with Crippen LogP contribution in [-0.4, -0.2) is 29.6 Å². The molecule has 5 nitrogen and oxygen atoms in total. The third-order valence-corrected chi connectivity index (χ3v) is 3.66. The van der Waals surface area contributed by atoms with Gasteiger partial charge in [0.1, 0.15) is 11.1 Å². The molecule has 1 amide bonds. The fourth-order valence-electron chi connectivity index (χ4n) is 2.45. The third kappa shape index (κ3) is 2.54. The number of oxazole rings is 1. The highest BCUT2D eigenvalue weighted by atomic mass is 16.5. The van der Waals surface area contributed by atoms with Gasteiger partial charge in [-0.3, -0.25) is 4.79 Å². The Labute approximate surface area is 117 Å². The second kappa shape index (κ2) is 5.25. The zero-order chi connectivity index (χ0) is 14.0. The molecule has 3 rings (SSSR count). The normalized spacial score (nSPS) is 22.2. The van der Waals surface area contributed by atoms with E-state index in [1.165, 1.54) is 0 Å². The number of fused-ring (bicyclic) bond motifs is 1. The number of rotatable bonds is 4. The van der Waals surface area contributed by atoms with Gasteiger partial charge < -0.3 is 14.5 Å². The lowest BCUT2D eigenvalue weighted by atomic mass is 10.0. The van der Waals surface area contributed by atoms with Gasteiger partial charge in [-0.25, -0.2) is 4.98 Å². The van der Waals surface area contributed by atoms with Crippen LogP contribution in [0.5, 0.6) is 0 Å². The van der Waals surface area contributed by atoms with E-state index < -0.39 is 5.60 Å². The van der Waals surface area contributed by atoms with Crippen LogP contribution in [0.2, 0.25) is 0 Å². The average Bonchev–Trinajstić information content (AvgIpc) is 3.05. The highest BCUT2D eigenvalue weighted by Gasteiger charge is 2.37. The summed E-state index contributed by atoms with van der Waals surface area (Å²) in [6.07, 6.45) is 2.30. The van der Waals surface area contributed by atoms with Crippen LogP contribution in [0.1, 0.15) is 25.7 Å². The molecule has 2 aromatic rings. The fourth-order valence-corrected chi connectivity index (χ4v) is 2.45. The van der Waals surface area contributed by atoms with E-state index in [2.05, 4.69) is 10.3 Å². The van der Waals surface area contributed by atoms with Crippen molar-refractivity contribution in [1.29, 1.82) is 0 Å². The van der Waals surface area contributed by atoms with E-state index in [-0.39, 0.29) is 5.91 Å². The molecule has 0 aliphatic carbocycles. The quantitative estimate of drug-likeness (QED) is 0.926. The molecular weight excluding hydrogens is 256 g/mol. The first-order valence-corrected chi connectivity index (χ1v) is 6.94. The van der Waals surface area contributed by atoms with Crippen LogP contribution in [-0.2, 0) is 16.0 Å². The van der Waals surface area contributed by atoms with Crippen molar-refractivity contribution in [3.63, 3.8) is 0 Å². The van der Waals surface area contributed by atoms with Crippen molar-refractivity contribution < 1.29 is 13.9 Å². The average molecular weight is 274 g/mol. The molecule has 106 valence electrons. The molecule has 1 aliphatic rings. The summed E-state index contributed by atoms with van der Waals surface area (Å²) in [7, 11) is 0. The van der Waals surface area contributed by atoms with E-state index in [4.69, 9.17) is 9.15 Å². The Morgan fingerprint density at radius 1 is 1.45 bits per heavy atom. The molecule has 0 unspecified atom stereocenters. The molecule has 5 heteroatoms. The van der Waals surface area contributed by atoms with Gasteiger partial charge in [-0.15, -0.1) is 0 Å². The van der Waals surface area contributed by atoms with Crippen molar-refractivity contribution >= 4 is 17.0 Å². The van der Waals surface area contributed by atoms with Gasteiger partial charge >= 0.3 is 0 Å². The summed E-state index contributed by atoms with van der Waals surface area (Å²) in [5.41, 5.74) is 0.959. The minimum atomic E-state index is -0.665. The Bertz CT molecular complexity index is 581. The number of hydrogen-bond acceptors (Lipinski definition) is 4.